The first-order valence-corrected chi connectivity index (χ1v) is 2.83. The molecule has 0 saturated heterocycles. The molecular weight excluding hydrogens is 221 g/mol. The molecule has 0 amide bonds. The number of aromatic hydroxyl groups is 3. The second-order valence-electron chi connectivity index (χ2n) is 2.15. The number of aryl methyl sites for hydroxylation is 1. The molecule has 1 rings (SSSR count). The summed E-state index contributed by atoms with van der Waals surface area (Å²) in [7, 11) is 0. The Morgan fingerprint density at radius 1 is 1.00 bits per heavy atom. The molecule has 57 valence electrons. The van der Waals surface area contributed by atoms with E-state index in [-0.39, 0.29) is 44.2 Å². The Hall–Kier alpha value is -0.276. The topological polar surface area (TPSA) is 60.7 Å². The molecule has 4 heteroatoms. The summed E-state index contributed by atoms with van der Waals surface area (Å²) in [6.45, 7) is 1.71. The fraction of sp³-hybridized carbons (Fsp3) is 0.143. The standard InChI is InChI=1S/C7H8O3.Y/c1-4-2-5(8)7(10)6(9)3-4;/h2-3,8-10H,1H3;. The van der Waals surface area contributed by atoms with E-state index in [1.54, 1.807) is 6.92 Å². The van der Waals surface area contributed by atoms with Crippen LogP contribution in [0.4, 0.5) is 0 Å². The van der Waals surface area contributed by atoms with Crippen LogP contribution in [0.15, 0.2) is 12.1 Å². The molecule has 11 heavy (non-hydrogen) atoms. The van der Waals surface area contributed by atoms with Crippen LogP contribution in [0, 0.1) is 6.92 Å². The molecule has 0 bridgehead atoms. The summed E-state index contributed by atoms with van der Waals surface area (Å²) in [4.78, 5) is 0. The van der Waals surface area contributed by atoms with Crippen molar-refractivity contribution in [3.8, 4) is 17.2 Å². The van der Waals surface area contributed by atoms with E-state index >= 15 is 0 Å². The van der Waals surface area contributed by atoms with Crippen LogP contribution in [0.25, 0.3) is 0 Å². The number of benzene rings is 1. The zero-order valence-corrected chi connectivity index (χ0v) is 8.91. The Labute approximate surface area is 89.6 Å². The second kappa shape index (κ2) is 3.93. The molecule has 1 aromatic rings. The third-order valence-electron chi connectivity index (χ3n) is 1.21. The zero-order valence-electron chi connectivity index (χ0n) is 6.07. The summed E-state index contributed by atoms with van der Waals surface area (Å²) >= 11 is 0. The van der Waals surface area contributed by atoms with E-state index in [9.17, 15) is 0 Å². The first kappa shape index (κ1) is 10.7. The van der Waals surface area contributed by atoms with E-state index in [1.165, 1.54) is 12.1 Å². The maximum atomic E-state index is 8.87. The minimum atomic E-state index is -0.467. The fourth-order valence-corrected chi connectivity index (χ4v) is 0.741. The van der Waals surface area contributed by atoms with Gasteiger partial charge >= 0.3 is 0 Å². The van der Waals surface area contributed by atoms with Crippen molar-refractivity contribution in [2.45, 2.75) is 6.92 Å². The Bertz CT molecular complexity index is 237. The van der Waals surface area contributed by atoms with Gasteiger partial charge in [-0.1, -0.05) is 0 Å². The van der Waals surface area contributed by atoms with E-state index in [4.69, 9.17) is 15.3 Å². The molecule has 0 spiro atoms. The Morgan fingerprint density at radius 3 is 1.73 bits per heavy atom. The number of phenols is 3. The number of hydrogen-bond donors (Lipinski definition) is 3. The number of hydrogen-bond acceptors (Lipinski definition) is 3. The minimum Gasteiger partial charge on any atom is -0.504 e. The molecular formula is C7H8O3Y. The van der Waals surface area contributed by atoms with Crippen LogP contribution >= 0.6 is 0 Å². The maximum absolute atomic E-state index is 8.87. The van der Waals surface area contributed by atoms with Crippen molar-refractivity contribution in [2.75, 3.05) is 0 Å². The summed E-state index contributed by atoms with van der Waals surface area (Å²) in [5, 5.41) is 26.6. The number of phenolic OH excluding ortho intramolecular Hbond substituents is 3. The van der Waals surface area contributed by atoms with Crippen LogP contribution in [0.2, 0.25) is 0 Å². The van der Waals surface area contributed by atoms with Gasteiger partial charge in [0.05, 0.1) is 0 Å². The van der Waals surface area contributed by atoms with Crippen LogP contribution in [-0.4, -0.2) is 15.3 Å². The Kier molecular flexibility index (Phi) is 3.83. The van der Waals surface area contributed by atoms with E-state index in [0.29, 0.717) is 5.56 Å². The van der Waals surface area contributed by atoms with Crippen LogP contribution in [0.3, 0.4) is 0 Å². The summed E-state index contributed by atoms with van der Waals surface area (Å²) < 4.78 is 0. The normalized spacial score (nSPS) is 8.82. The third-order valence-corrected chi connectivity index (χ3v) is 1.21. The van der Waals surface area contributed by atoms with Gasteiger partial charge < -0.3 is 15.3 Å². The molecule has 1 aromatic carbocycles. The van der Waals surface area contributed by atoms with Gasteiger partial charge in [0.15, 0.2) is 17.2 Å². The van der Waals surface area contributed by atoms with Gasteiger partial charge in [-0.2, -0.15) is 0 Å². The van der Waals surface area contributed by atoms with Crippen LogP contribution in [0.1, 0.15) is 5.56 Å². The summed E-state index contributed by atoms with van der Waals surface area (Å²) in [6, 6.07) is 2.74. The molecule has 0 saturated carbocycles. The monoisotopic (exact) mass is 229 g/mol. The SMILES string of the molecule is Cc1cc(O)c(O)c(O)c1.[Y]. The Morgan fingerprint density at radius 2 is 1.36 bits per heavy atom. The van der Waals surface area contributed by atoms with Gasteiger partial charge in [-0.3, -0.25) is 0 Å². The molecule has 1 radical (unpaired) electrons. The van der Waals surface area contributed by atoms with Gasteiger partial charge in [0, 0.05) is 32.7 Å². The van der Waals surface area contributed by atoms with Crippen molar-refractivity contribution in [1.82, 2.24) is 0 Å². The van der Waals surface area contributed by atoms with Crippen molar-refractivity contribution >= 4 is 0 Å². The van der Waals surface area contributed by atoms with E-state index < -0.39 is 5.75 Å². The van der Waals surface area contributed by atoms with Crippen molar-refractivity contribution in [2.24, 2.45) is 0 Å². The summed E-state index contributed by atoms with van der Waals surface area (Å²) in [5.74, 6) is -1.05. The first-order valence-electron chi connectivity index (χ1n) is 2.83. The van der Waals surface area contributed by atoms with Crippen molar-refractivity contribution in [1.29, 1.82) is 0 Å². The van der Waals surface area contributed by atoms with Crippen molar-refractivity contribution < 1.29 is 48.0 Å². The van der Waals surface area contributed by atoms with Gasteiger partial charge in [0.2, 0.25) is 0 Å². The Balaban J connectivity index is 0.000001000. The van der Waals surface area contributed by atoms with E-state index in [0.717, 1.165) is 0 Å². The molecule has 3 nitrogen and oxygen atoms in total. The second-order valence-corrected chi connectivity index (χ2v) is 2.15. The maximum Gasteiger partial charge on any atom is 0.200 e. The van der Waals surface area contributed by atoms with E-state index in [2.05, 4.69) is 0 Å². The molecule has 0 aliphatic carbocycles. The molecule has 0 fully saturated rings. The average Bonchev–Trinajstić information content (AvgIpc) is 1.82. The van der Waals surface area contributed by atoms with Gasteiger partial charge in [0.1, 0.15) is 0 Å². The summed E-state index contributed by atoms with van der Waals surface area (Å²) in [5.41, 5.74) is 0.702. The van der Waals surface area contributed by atoms with Gasteiger partial charge in [-0.05, 0) is 24.6 Å². The smallest absolute Gasteiger partial charge is 0.200 e. The fourth-order valence-electron chi connectivity index (χ4n) is 0.741. The van der Waals surface area contributed by atoms with Crippen LogP contribution < -0.4 is 0 Å². The molecule has 0 atom stereocenters. The van der Waals surface area contributed by atoms with E-state index in [1.807, 2.05) is 0 Å². The van der Waals surface area contributed by atoms with Crippen LogP contribution in [-0.2, 0) is 32.7 Å². The molecule has 0 unspecified atom stereocenters. The molecule has 0 aliphatic rings. The van der Waals surface area contributed by atoms with Crippen molar-refractivity contribution in [3.63, 3.8) is 0 Å². The van der Waals surface area contributed by atoms with Gasteiger partial charge in [-0.15, -0.1) is 0 Å². The third kappa shape index (κ3) is 2.35. The number of rotatable bonds is 0. The molecule has 0 aliphatic heterocycles. The predicted octanol–water partition coefficient (Wildman–Crippen LogP) is 1.11. The molecule has 3 N–H and O–H groups in total. The summed E-state index contributed by atoms with van der Waals surface area (Å²) in [6.07, 6.45) is 0. The predicted molar refractivity (Wildman–Crippen MR) is 36.2 cm³/mol. The average molecular weight is 229 g/mol. The largest absolute Gasteiger partial charge is 0.504 e. The molecule has 0 aromatic heterocycles. The van der Waals surface area contributed by atoms with Gasteiger partial charge in [-0.25, -0.2) is 0 Å². The van der Waals surface area contributed by atoms with Gasteiger partial charge in [0.25, 0.3) is 0 Å². The first-order chi connectivity index (χ1) is 4.61. The van der Waals surface area contributed by atoms with Crippen LogP contribution in [0.5, 0.6) is 17.2 Å². The quantitative estimate of drug-likeness (QED) is 0.584. The molecule has 0 heterocycles. The van der Waals surface area contributed by atoms with Crippen molar-refractivity contribution in [3.05, 3.63) is 17.7 Å². The minimum absolute atomic E-state index is 0. The zero-order chi connectivity index (χ0) is 7.72.